The van der Waals surface area contributed by atoms with Crippen LogP contribution >= 0.6 is 0 Å². The highest BCUT2D eigenvalue weighted by atomic mass is 16.5. The zero-order valence-electron chi connectivity index (χ0n) is 10.7. The van der Waals surface area contributed by atoms with Crippen LogP contribution in [-0.4, -0.2) is 6.61 Å². The maximum absolute atomic E-state index is 5.67. The fourth-order valence-corrected chi connectivity index (χ4v) is 1.69. The van der Waals surface area contributed by atoms with Gasteiger partial charge in [0, 0.05) is 6.42 Å². The maximum atomic E-state index is 5.67. The number of benzene rings is 1. The van der Waals surface area contributed by atoms with Gasteiger partial charge < -0.3 is 4.74 Å². The van der Waals surface area contributed by atoms with Crippen LogP contribution in [0.5, 0.6) is 5.75 Å². The molecule has 0 amide bonds. The highest BCUT2D eigenvalue weighted by Gasteiger charge is 1.95. The molecule has 0 saturated heterocycles. The lowest BCUT2D eigenvalue weighted by molar-refractivity contribution is 0.305. The molecule has 0 spiro atoms. The summed E-state index contributed by atoms with van der Waals surface area (Å²) in [5.74, 6) is 3.62. The Labute approximate surface area is 105 Å². The Balaban J connectivity index is 2.23. The topological polar surface area (TPSA) is 9.23 Å². The van der Waals surface area contributed by atoms with E-state index in [2.05, 4.69) is 25.0 Å². The van der Waals surface area contributed by atoms with Gasteiger partial charge in [-0.25, -0.2) is 0 Å². The summed E-state index contributed by atoms with van der Waals surface area (Å²) in [4.78, 5) is 0. The van der Waals surface area contributed by atoms with Crippen LogP contribution in [0.1, 0.15) is 44.6 Å². The van der Waals surface area contributed by atoms with E-state index in [0.29, 0.717) is 0 Å². The summed E-state index contributed by atoms with van der Waals surface area (Å²) in [7, 11) is 0. The van der Waals surface area contributed by atoms with Crippen molar-refractivity contribution in [1.29, 1.82) is 0 Å². The Kier molecular flexibility index (Phi) is 6.98. The Bertz CT molecular complexity index is 332. The van der Waals surface area contributed by atoms with E-state index in [0.717, 1.165) is 31.6 Å². The van der Waals surface area contributed by atoms with Crippen LogP contribution in [0.2, 0.25) is 0 Å². The Hall–Kier alpha value is -1.42. The van der Waals surface area contributed by atoms with E-state index in [1.807, 2.05) is 12.1 Å². The predicted molar refractivity (Wildman–Crippen MR) is 73.2 cm³/mol. The minimum atomic E-state index is 0.803. The molecule has 0 bridgehead atoms. The Morgan fingerprint density at radius 2 is 1.88 bits per heavy atom. The standard InChI is InChI=1S/C16H22O/c1-3-5-7-8-14-17-16-12-10-15(11-13-16)9-6-4-2/h2,10-13H,3,5-9,14H2,1H3. The van der Waals surface area contributed by atoms with Crippen molar-refractivity contribution in [3.8, 4) is 18.1 Å². The van der Waals surface area contributed by atoms with Gasteiger partial charge in [0.1, 0.15) is 5.75 Å². The highest BCUT2D eigenvalue weighted by molar-refractivity contribution is 5.27. The second-order valence-corrected chi connectivity index (χ2v) is 4.26. The molecule has 0 saturated carbocycles. The molecule has 0 unspecified atom stereocenters. The van der Waals surface area contributed by atoms with Crippen molar-refractivity contribution in [1.82, 2.24) is 0 Å². The van der Waals surface area contributed by atoms with Crippen molar-refractivity contribution >= 4 is 0 Å². The quantitative estimate of drug-likeness (QED) is 0.480. The molecule has 0 aliphatic rings. The number of ether oxygens (including phenoxy) is 1. The molecule has 1 nitrogen and oxygen atoms in total. The van der Waals surface area contributed by atoms with E-state index < -0.39 is 0 Å². The minimum Gasteiger partial charge on any atom is -0.494 e. The monoisotopic (exact) mass is 230 g/mol. The molecule has 0 N–H and O–H groups in total. The van der Waals surface area contributed by atoms with E-state index in [9.17, 15) is 0 Å². The number of unbranched alkanes of at least 4 members (excludes halogenated alkanes) is 3. The summed E-state index contributed by atoms with van der Waals surface area (Å²) in [5, 5.41) is 0. The summed E-state index contributed by atoms with van der Waals surface area (Å²) < 4.78 is 5.67. The number of terminal acetylenes is 1. The van der Waals surface area contributed by atoms with Crippen LogP contribution < -0.4 is 4.74 Å². The van der Waals surface area contributed by atoms with E-state index in [1.165, 1.54) is 24.8 Å². The van der Waals surface area contributed by atoms with Gasteiger partial charge in [-0.15, -0.1) is 12.3 Å². The van der Waals surface area contributed by atoms with Gasteiger partial charge in [0.25, 0.3) is 0 Å². The van der Waals surface area contributed by atoms with Gasteiger partial charge in [-0.05, 0) is 30.5 Å². The molecule has 0 fully saturated rings. The second-order valence-electron chi connectivity index (χ2n) is 4.26. The average molecular weight is 230 g/mol. The first-order chi connectivity index (χ1) is 8.36. The summed E-state index contributed by atoms with van der Waals surface area (Å²) in [6.45, 7) is 3.04. The van der Waals surface area contributed by atoms with Crippen LogP contribution in [0.3, 0.4) is 0 Å². The normalized spacial score (nSPS) is 9.88. The molecule has 0 aliphatic heterocycles. The first kappa shape index (κ1) is 13.6. The number of hydrogen-bond acceptors (Lipinski definition) is 1. The molecular formula is C16H22O. The molecule has 0 atom stereocenters. The number of aryl methyl sites for hydroxylation is 1. The van der Waals surface area contributed by atoms with Crippen molar-refractivity contribution in [2.75, 3.05) is 6.61 Å². The zero-order valence-corrected chi connectivity index (χ0v) is 10.7. The van der Waals surface area contributed by atoms with Crippen LogP contribution in [0.15, 0.2) is 24.3 Å². The Morgan fingerprint density at radius 1 is 1.12 bits per heavy atom. The molecule has 0 aliphatic carbocycles. The van der Waals surface area contributed by atoms with Crippen LogP contribution in [0.25, 0.3) is 0 Å². The molecule has 1 heteroatoms. The molecule has 1 aromatic carbocycles. The van der Waals surface area contributed by atoms with E-state index in [-0.39, 0.29) is 0 Å². The predicted octanol–water partition coefficient (Wildman–Crippen LogP) is 4.21. The average Bonchev–Trinajstić information content (AvgIpc) is 2.37. The van der Waals surface area contributed by atoms with E-state index in [4.69, 9.17) is 11.2 Å². The molecule has 1 aromatic rings. The van der Waals surface area contributed by atoms with Gasteiger partial charge in [-0.1, -0.05) is 38.3 Å². The van der Waals surface area contributed by atoms with E-state index in [1.54, 1.807) is 0 Å². The molecule has 0 aromatic heterocycles. The minimum absolute atomic E-state index is 0.803. The third-order valence-corrected chi connectivity index (χ3v) is 2.75. The van der Waals surface area contributed by atoms with Gasteiger partial charge in [0.2, 0.25) is 0 Å². The van der Waals surface area contributed by atoms with Gasteiger partial charge in [-0.2, -0.15) is 0 Å². The third-order valence-electron chi connectivity index (χ3n) is 2.75. The molecule has 0 radical (unpaired) electrons. The molecule has 17 heavy (non-hydrogen) atoms. The van der Waals surface area contributed by atoms with Crippen molar-refractivity contribution in [2.45, 2.75) is 45.4 Å². The van der Waals surface area contributed by atoms with Crippen molar-refractivity contribution in [2.24, 2.45) is 0 Å². The van der Waals surface area contributed by atoms with Crippen molar-refractivity contribution in [3.05, 3.63) is 29.8 Å². The first-order valence-corrected chi connectivity index (χ1v) is 6.52. The summed E-state index contributed by atoms with van der Waals surface area (Å²) >= 11 is 0. The van der Waals surface area contributed by atoms with Gasteiger partial charge in [-0.3, -0.25) is 0 Å². The van der Waals surface area contributed by atoms with Crippen molar-refractivity contribution < 1.29 is 4.74 Å². The first-order valence-electron chi connectivity index (χ1n) is 6.52. The lowest BCUT2D eigenvalue weighted by atomic mass is 10.1. The lowest BCUT2D eigenvalue weighted by Crippen LogP contribution is -1.97. The molecular weight excluding hydrogens is 208 g/mol. The van der Waals surface area contributed by atoms with Gasteiger partial charge in [0.15, 0.2) is 0 Å². The van der Waals surface area contributed by atoms with Crippen LogP contribution in [0, 0.1) is 12.3 Å². The van der Waals surface area contributed by atoms with Crippen molar-refractivity contribution in [3.63, 3.8) is 0 Å². The van der Waals surface area contributed by atoms with Crippen LogP contribution in [-0.2, 0) is 6.42 Å². The maximum Gasteiger partial charge on any atom is 0.119 e. The Morgan fingerprint density at radius 3 is 2.53 bits per heavy atom. The second kappa shape index (κ2) is 8.70. The smallest absolute Gasteiger partial charge is 0.119 e. The summed E-state index contributed by atoms with van der Waals surface area (Å²) in [5.41, 5.74) is 1.28. The fourth-order valence-electron chi connectivity index (χ4n) is 1.69. The zero-order chi connectivity index (χ0) is 12.3. The molecule has 1 rings (SSSR count). The van der Waals surface area contributed by atoms with Gasteiger partial charge >= 0.3 is 0 Å². The molecule has 0 heterocycles. The highest BCUT2D eigenvalue weighted by Crippen LogP contribution is 2.14. The van der Waals surface area contributed by atoms with Gasteiger partial charge in [0.05, 0.1) is 6.61 Å². The number of hydrogen-bond donors (Lipinski definition) is 0. The summed E-state index contributed by atoms with van der Waals surface area (Å²) in [6.07, 6.45) is 12.0. The van der Waals surface area contributed by atoms with E-state index >= 15 is 0 Å². The third kappa shape index (κ3) is 6.02. The fraction of sp³-hybridized carbons (Fsp3) is 0.500. The molecule has 92 valence electrons. The summed E-state index contributed by atoms with van der Waals surface area (Å²) in [6, 6.07) is 8.26. The number of rotatable bonds is 8. The van der Waals surface area contributed by atoms with Crippen LogP contribution in [0.4, 0.5) is 0 Å². The largest absolute Gasteiger partial charge is 0.494 e. The SMILES string of the molecule is C#CCCc1ccc(OCCCCCC)cc1. The lowest BCUT2D eigenvalue weighted by Gasteiger charge is -2.06.